The zero-order valence-corrected chi connectivity index (χ0v) is 31.1. The molecule has 12 rings (SSSR count). The van der Waals surface area contributed by atoms with Crippen LogP contribution in [0.2, 0.25) is 0 Å². The summed E-state index contributed by atoms with van der Waals surface area (Å²) in [6, 6.07) is 77.5. The van der Waals surface area contributed by atoms with E-state index in [9.17, 15) is 0 Å². The van der Waals surface area contributed by atoms with Crippen molar-refractivity contribution in [3.05, 3.63) is 235 Å². The number of anilines is 3. The van der Waals surface area contributed by atoms with E-state index in [1.807, 2.05) is 12.1 Å². The molecule has 0 radical (unpaired) electrons. The third kappa shape index (κ3) is 4.53. The highest BCUT2D eigenvalue weighted by Gasteiger charge is 2.52. The van der Waals surface area contributed by atoms with Gasteiger partial charge in [0.05, 0.1) is 16.8 Å². The molecule has 9 aromatic carbocycles. The Kier molecular flexibility index (Phi) is 6.88. The van der Waals surface area contributed by atoms with Crippen LogP contribution in [0.15, 0.2) is 217 Å². The quantitative estimate of drug-likeness (QED) is 0.176. The maximum absolute atomic E-state index is 6.44. The van der Waals surface area contributed by atoms with Gasteiger partial charge in [0.15, 0.2) is 0 Å². The largest absolute Gasteiger partial charge is 0.456 e. The van der Waals surface area contributed by atoms with Gasteiger partial charge in [0, 0.05) is 27.6 Å². The van der Waals surface area contributed by atoms with Gasteiger partial charge in [0.2, 0.25) is 0 Å². The second kappa shape index (κ2) is 12.3. The lowest BCUT2D eigenvalue weighted by Gasteiger charge is -2.32. The van der Waals surface area contributed by atoms with Gasteiger partial charge >= 0.3 is 0 Å². The van der Waals surface area contributed by atoms with Gasteiger partial charge in [-0.15, -0.1) is 0 Å². The minimum atomic E-state index is -0.441. The molecule has 10 aromatic rings. The zero-order chi connectivity index (χ0) is 37.5. The molecule has 266 valence electrons. The molecule has 2 nitrogen and oxygen atoms in total. The van der Waals surface area contributed by atoms with Gasteiger partial charge in [0.1, 0.15) is 11.2 Å². The van der Waals surface area contributed by atoms with E-state index in [-0.39, 0.29) is 0 Å². The molecule has 1 heterocycles. The minimum absolute atomic E-state index is 0.441. The van der Waals surface area contributed by atoms with E-state index in [0.717, 1.165) is 50.1 Å². The number of furan rings is 1. The number of hydrogen-bond donors (Lipinski definition) is 0. The molecule has 0 unspecified atom stereocenters. The van der Waals surface area contributed by atoms with Crippen molar-refractivity contribution >= 4 is 39.0 Å². The molecule has 0 N–H and O–H groups in total. The second-order valence-corrected chi connectivity index (χ2v) is 15.2. The fraction of sp³-hybridized carbons (Fsp3) is 0.0182. The molecule has 1 spiro atoms. The standard InChI is InChI=1S/C55H35NO/c1-2-15-36(16-3-1)37-29-32-39(33-30-37)56(50-26-12-7-17-40(50)38-31-34-44-43-20-8-13-28-52(43)57-53(44)35-38)51-27-14-25-49-54(51)45-21-6-11-24-48(45)55(49)46-22-9-4-18-41(46)42-19-5-10-23-47(42)55/h1-35H. The number of fused-ring (bicyclic) bond motifs is 13. The van der Waals surface area contributed by atoms with Crippen LogP contribution in [0.25, 0.3) is 66.4 Å². The monoisotopic (exact) mass is 725 g/mol. The predicted molar refractivity (Wildman–Crippen MR) is 236 cm³/mol. The van der Waals surface area contributed by atoms with Gasteiger partial charge in [-0.3, -0.25) is 0 Å². The number of rotatable bonds is 5. The lowest BCUT2D eigenvalue weighted by atomic mass is 9.70. The average Bonchev–Trinajstić information content (AvgIpc) is 3.91. The van der Waals surface area contributed by atoms with Crippen LogP contribution in [0.5, 0.6) is 0 Å². The van der Waals surface area contributed by atoms with Crippen LogP contribution >= 0.6 is 0 Å². The van der Waals surface area contributed by atoms with Crippen LogP contribution in [0.3, 0.4) is 0 Å². The summed E-state index contributed by atoms with van der Waals surface area (Å²) < 4.78 is 6.44. The first-order valence-electron chi connectivity index (χ1n) is 19.7. The second-order valence-electron chi connectivity index (χ2n) is 15.2. The van der Waals surface area contributed by atoms with Crippen molar-refractivity contribution in [1.82, 2.24) is 0 Å². The molecule has 0 saturated carbocycles. The first-order chi connectivity index (χ1) is 28.3. The van der Waals surface area contributed by atoms with Crippen molar-refractivity contribution in [2.45, 2.75) is 5.41 Å². The normalized spacial score (nSPS) is 13.1. The first-order valence-corrected chi connectivity index (χ1v) is 19.7. The SMILES string of the molecule is c1ccc(-c2ccc(N(c3ccccc3-c3ccc4c(c3)oc3ccccc34)c3cccc4c3-c3ccccc3C43c4ccccc4-c4ccccc43)cc2)cc1. The van der Waals surface area contributed by atoms with E-state index in [2.05, 4.69) is 205 Å². The molecule has 0 fully saturated rings. The smallest absolute Gasteiger partial charge is 0.136 e. The molecule has 2 aliphatic carbocycles. The van der Waals surface area contributed by atoms with Crippen LogP contribution in [0.4, 0.5) is 17.1 Å². The molecule has 0 aliphatic heterocycles. The molecule has 0 bridgehead atoms. The van der Waals surface area contributed by atoms with Crippen molar-refractivity contribution in [2.75, 3.05) is 4.90 Å². The first kappa shape index (κ1) is 31.9. The maximum Gasteiger partial charge on any atom is 0.136 e. The highest BCUT2D eigenvalue weighted by molar-refractivity contribution is 6.07. The lowest BCUT2D eigenvalue weighted by Crippen LogP contribution is -2.26. The van der Waals surface area contributed by atoms with E-state index in [1.165, 1.54) is 55.6 Å². The van der Waals surface area contributed by atoms with Gasteiger partial charge in [0.25, 0.3) is 0 Å². The van der Waals surface area contributed by atoms with Crippen molar-refractivity contribution in [3.63, 3.8) is 0 Å². The fourth-order valence-corrected chi connectivity index (χ4v) is 9.96. The van der Waals surface area contributed by atoms with Crippen LogP contribution < -0.4 is 4.90 Å². The Labute approximate surface area is 331 Å². The summed E-state index contributed by atoms with van der Waals surface area (Å²) in [5.74, 6) is 0. The Hall–Kier alpha value is -7.42. The molecule has 2 aliphatic rings. The molecule has 0 amide bonds. The number of hydrogen-bond acceptors (Lipinski definition) is 2. The highest BCUT2D eigenvalue weighted by atomic mass is 16.3. The third-order valence-corrected chi connectivity index (χ3v) is 12.3. The zero-order valence-electron chi connectivity index (χ0n) is 31.1. The van der Waals surface area contributed by atoms with Crippen molar-refractivity contribution in [2.24, 2.45) is 0 Å². The van der Waals surface area contributed by atoms with Gasteiger partial charge in [-0.25, -0.2) is 0 Å². The summed E-state index contributed by atoms with van der Waals surface area (Å²) in [5.41, 5.74) is 19.7. The minimum Gasteiger partial charge on any atom is -0.456 e. The van der Waals surface area contributed by atoms with Gasteiger partial charge in [-0.1, -0.05) is 170 Å². The molecule has 0 atom stereocenters. The summed E-state index contributed by atoms with van der Waals surface area (Å²) in [6.07, 6.45) is 0. The van der Waals surface area contributed by atoms with Gasteiger partial charge in [-0.05, 0) is 98.1 Å². The number of para-hydroxylation sites is 2. The topological polar surface area (TPSA) is 16.4 Å². The molecule has 0 saturated heterocycles. The van der Waals surface area contributed by atoms with E-state index >= 15 is 0 Å². The Morgan fingerprint density at radius 3 is 1.61 bits per heavy atom. The summed E-state index contributed by atoms with van der Waals surface area (Å²) >= 11 is 0. The fourth-order valence-electron chi connectivity index (χ4n) is 9.96. The maximum atomic E-state index is 6.44. The molecule has 57 heavy (non-hydrogen) atoms. The molecular weight excluding hydrogens is 691 g/mol. The summed E-state index contributed by atoms with van der Waals surface area (Å²) in [7, 11) is 0. The molecule has 1 aromatic heterocycles. The third-order valence-electron chi connectivity index (χ3n) is 12.3. The average molecular weight is 726 g/mol. The lowest BCUT2D eigenvalue weighted by molar-refractivity contribution is 0.669. The van der Waals surface area contributed by atoms with Crippen LogP contribution in [0, 0.1) is 0 Å². The molecule has 2 heteroatoms. The Morgan fingerprint density at radius 2 is 0.860 bits per heavy atom. The Balaban J connectivity index is 1.13. The van der Waals surface area contributed by atoms with Gasteiger partial charge < -0.3 is 9.32 Å². The van der Waals surface area contributed by atoms with Crippen molar-refractivity contribution in [3.8, 4) is 44.5 Å². The van der Waals surface area contributed by atoms with E-state index in [4.69, 9.17) is 4.42 Å². The van der Waals surface area contributed by atoms with Gasteiger partial charge in [-0.2, -0.15) is 0 Å². The number of benzene rings is 9. The van der Waals surface area contributed by atoms with Crippen LogP contribution in [-0.2, 0) is 5.41 Å². The number of nitrogens with zero attached hydrogens (tertiary/aromatic N) is 1. The highest BCUT2D eigenvalue weighted by Crippen LogP contribution is 2.64. The van der Waals surface area contributed by atoms with E-state index in [1.54, 1.807) is 0 Å². The van der Waals surface area contributed by atoms with E-state index in [0.29, 0.717) is 0 Å². The summed E-state index contributed by atoms with van der Waals surface area (Å²) in [5, 5.41) is 2.26. The predicted octanol–water partition coefficient (Wildman–Crippen LogP) is 14.7. The molecular formula is C55H35NO. The Bertz CT molecular complexity index is 3140. The Morgan fingerprint density at radius 1 is 0.333 bits per heavy atom. The van der Waals surface area contributed by atoms with Crippen molar-refractivity contribution in [1.29, 1.82) is 0 Å². The van der Waals surface area contributed by atoms with E-state index < -0.39 is 5.41 Å². The van der Waals surface area contributed by atoms with Crippen molar-refractivity contribution < 1.29 is 4.42 Å². The van der Waals surface area contributed by atoms with Crippen LogP contribution in [0.1, 0.15) is 22.3 Å². The summed E-state index contributed by atoms with van der Waals surface area (Å²) in [4.78, 5) is 2.48. The summed E-state index contributed by atoms with van der Waals surface area (Å²) in [6.45, 7) is 0. The van der Waals surface area contributed by atoms with Crippen LogP contribution in [-0.4, -0.2) is 0 Å².